The summed E-state index contributed by atoms with van der Waals surface area (Å²) in [7, 11) is 1.69. The number of aliphatic imine (C=N–C) groups is 1. The third-order valence-electron chi connectivity index (χ3n) is 7.65. The van der Waals surface area contributed by atoms with Crippen LogP contribution in [0.2, 0.25) is 0 Å². The van der Waals surface area contributed by atoms with Gasteiger partial charge in [0, 0.05) is 23.0 Å². The van der Waals surface area contributed by atoms with Gasteiger partial charge in [-0.3, -0.25) is 14.5 Å². The summed E-state index contributed by atoms with van der Waals surface area (Å²) in [5.74, 6) is -0.316. The van der Waals surface area contributed by atoms with E-state index in [9.17, 15) is 9.59 Å². The van der Waals surface area contributed by atoms with Crippen LogP contribution >= 0.6 is 0 Å². The number of carbonyl (C=O) groups is 2. The van der Waals surface area contributed by atoms with Gasteiger partial charge >= 0.3 is 0 Å². The molecule has 6 rings (SSSR count). The molecule has 1 saturated heterocycles. The minimum absolute atomic E-state index is 0.137. The second-order valence-corrected chi connectivity index (χ2v) is 10.4. The van der Waals surface area contributed by atoms with Gasteiger partial charge in [0.25, 0.3) is 11.8 Å². The van der Waals surface area contributed by atoms with Gasteiger partial charge in [0.1, 0.15) is 5.57 Å². The van der Waals surface area contributed by atoms with Crippen molar-refractivity contribution in [2.24, 2.45) is 4.99 Å². The second-order valence-electron chi connectivity index (χ2n) is 10.4. The molecule has 0 aliphatic carbocycles. The maximum atomic E-state index is 13.9. The zero-order valence-corrected chi connectivity index (χ0v) is 23.5. The number of hydrogen-bond donors (Lipinski definition) is 0. The first-order chi connectivity index (χ1) is 20.0. The van der Waals surface area contributed by atoms with E-state index in [1.165, 1.54) is 4.81 Å². The molecule has 4 aromatic carbocycles. The first kappa shape index (κ1) is 26.3. The Morgan fingerprint density at radius 3 is 2.29 bits per heavy atom. The predicted molar refractivity (Wildman–Crippen MR) is 169 cm³/mol. The van der Waals surface area contributed by atoms with E-state index in [0.29, 0.717) is 12.5 Å². The fourth-order valence-corrected chi connectivity index (χ4v) is 5.46. The van der Waals surface area contributed by atoms with Crippen LogP contribution < -0.4 is 0 Å². The molecule has 0 unspecified atom stereocenters. The molecule has 2 amide bonds. The molecule has 0 radical (unpaired) electrons. The Kier molecular flexibility index (Phi) is 7.02. The Morgan fingerprint density at radius 2 is 1.51 bits per heavy atom. The van der Waals surface area contributed by atoms with Crippen LogP contribution in [-0.2, 0) is 9.59 Å². The molecular formula is C34H31BN4O2. The number of benzene rings is 4. The van der Waals surface area contributed by atoms with Gasteiger partial charge in [0.15, 0.2) is 0 Å². The number of aromatic nitrogens is 1. The highest BCUT2D eigenvalue weighted by molar-refractivity contribution is 6.40. The van der Waals surface area contributed by atoms with Crippen LogP contribution in [0, 0.1) is 6.92 Å². The first-order valence-electron chi connectivity index (χ1n) is 14.0. The van der Waals surface area contributed by atoms with Gasteiger partial charge in [0.05, 0.1) is 16.7 Å². The highest BCUT2D eigenvalue weighted by Crippen LogP contribution is 2.33. The Hall–Kier alpha value is -4.91. The molecule has 202 valence electrons. The number of aryl methyl sites for hydroxylation is 1. The molecule has 41 heavy (non-hydrogen) atoms. The van der Waals surface area contributed by atoms with Crippen molar-refractivity contribution in [3.05, 3.63) is 114 Å². The van der Waals surface area contributed by atoms with Gasteiger partial charge in [-0.1, -0.05) is 74.0 Å². The highest BCUT2D eigenvalue weighted by atomic mass is 16.2. The molecule has 7 heteroatoms. The minimum Gasteiger partial charge on any atom is -0.332 e. The summed E-state index contributed by atoms with van der Waals surface area (Å²) < 4.78 is 2.24. The van der Waals surface area contributed by atoms with Crippen molar-refractivity contribution in [3.8, 4) is 5.69 Å². The number of amides is 2. The number of hydrogen-bond acceptors (Lipinski definition) is 3. The fourth-order valence-electron chi connectivity index (χ4n) is 5.46. The number of carbonyl (C=O) groups excluding carboxylic acids is 2. The summed E-state index contributed by atoms with van der Waals surface area (Å²) in [6.45, 7) is 4.54. The molecule has 1 fully saturated rings. The lowest BCUT2D eigenvalue weighted by molar-refractivity contribution is -0.131. The molecule has 0 bridgehead atoms. The summed E-state index contributed by atoms with van der Waals surface area (Å²) in [6, 6.07) is 32.4. The van der Waals surface area contributed by atoms with Crippen molar-refractivity contribution in [1.82, 2.24) is 14.3 Å². The highest BCUT2D eigenvalue weighted by Gasteiger charge is 2.38. The molecule has 1 aromatic heterocycles. The monoisotopic (exact) mass is 538 g/mol. The molecule has 1 aliphatic heterocycles. The average molecular weight is 538 g/mol. The van der Waals surface area contributed by atoms with Gasteiger partial charge in [-0.2, -0.15) is 0 Å². The van der Waals surface area contributed by atoms with Crippen LogP contribution in [0.25, 0.3) is 33.6 Å². The smallest absolute Gasteiger partial charge is 0.266 e. The Morgan fingerprint density at radius 1 is 0.805 bits per heavy atom. The fraction of sp³-hybridized carbons (Fsp3) is 0.147. The van der Waals surface area contributed by atoms with Gasteiger partial charge in [-0.05, 0) is 66.9 Å². The van der Waals surface area contributed by atoms with E-state index in [4.69, 9.17) is 4.99 Å². The SMILES string of the molecule is BN1C(=O)/C(=C/c2ccc3c(c2)c2ccccc2n3-c2ccccc2)C(=O)N(CCCC)/C1=N/c1ccccc1C. The second kappa shape index (κ2) is 10.9. The maximum Gasteiger partial charge on any atom is 0.266 e. The standard InChI is InChI=1S/C34H31BN4O2/c1-3-4-20-37-32(40)28(33(41)39(35)34(37)36-29-16-10-8-12-23(29)2)22-24-18-19-31-27(21-24)26-15-9-11-17-30(26)38(31)25-13-6-5-7-14-25/h5-19,21-22H,3-4,20,35H2,1-2H3/b28-22+,36-34-. The van der Waals surface area contributed by atoms with Gasteiger partial charge < -0.3 is 9.38 Å². The number of unbranched alkanes of at least 4 members (excludes halogenated alkanes) is 1. The Balaban J connectivity index is 1.45. The maximum absolute atomic E-state index is 13.9. The molecule has 0 atom stereocenters. The number of guanidine groups is 1. The molecule has 0 saturated carbocycles. The third-order valence-corrected chi connectivity index (χ3v) is 7.65. The predicted octanol–water partition coefficient (Wildman–Crippen LogP) is 6.18. The Bertz CT molecular complexity index is 1860. The van der Waals surface area contributed by atoms with Crippen molar-refractivity contribution in [2.75, 3.05) is 6.54 Å². The van der Waals surface area contributed by atoms with Crippen LogP contribution in [0.3, 0.4) is 0 Å². The van der Waals surface area contributed by atoms with E-state index >= 15 is 0 Å². The molecule has 5 aromatic rings. The van der Waals surface area contributed by atoms with E-state index in [-0.39, 0.29) is 17.4 Å². The van der Waals surface area contributed by atoms with E-state index in [2.05, 4.69) is 47.9 Å². The summed E-state index contributed by atoms with van der Waals surface area (Å²) in [5.41, 5.74) is 5.90. The zero-order chi connectivity index (χ0) is 28.5. The minimum atomic E-state index is -0.359. The van der Waals surface area contributed by atoms with Crippen molar-refractivity contribution in [3.63, 3.8) is 0 Å². The number of para-hydroxylation sites is 3. The molecular weight excluding hydrogens is 507 g/mol. The summed E-state index contributed by atoms with van der Waals surface area (Å²) in [4.78, 5) is 35.4. The average Bonchev–Trinajstić information content (AvgIpc) is 3.33. The van der Waals surface area contributed by atoms with Crippen LogP contribution in [0.1, 0.15) is 30.9 Å². The van der Waals surface area contributed by atoms with E-state index in [0.717, 1.165) is 57.1 Å². The third kappa shape index (κ3) is 4.74. The topological polar surface area (TPSA) is 57.9 Å². The van der Waals surface area contributed by atoms with Crippen molar-refractivity contribution in [1.29, 1.82) is 0 Å². The number of nitrogens with zero attached hydrogens (tertiary/aromatic N) is 4. The number of fused-ring (bicyclic) bond motifs is 3. The van der Waals surface area contributed by atoms with Crippen LogP contribution in [0.15, 0.2) is 108 Å². The van der Waals surface area contributed by atoms with Gasteiger partial charge in [-0.25, -0.2) is 4.99 Å². The molecule has 0 N–H and O–H groups in total. The summed E-state index contributed by atoms with van der Waals surface area (Å²) in [5, 5.41) is 2.18. The quantitative estimate of drug-likeness (QED) is 0.147. The van der Waals surface area contributed by atoms with E-state index in [1.54, 1.807) is 19.0 Å². The van der Waals surface area contributed by atoms with Crippen LogP contribution in [0.5, 0.6) is 0 Å². The summed E-state index contributed by atoms with van der Waals surface area (Å²) >= 11 is 0. The van der Waals surface area contributed by atoms with Crippen molar-refractivity contribution < 1.29 is 9.59 Å². The number of rotatable bonds is 6. The van der Waals surface area contributed by atoms with Crippen molar-refractivity contribution in [2.45, 2.75) is 26.7 Å². The first-order valence-corrected chi connectivity index (χ1v) is 14.0. The normalized spacial score (nSPS) is 16.0. The molecule has 0 spiro atoms. The largest absolute Gasteiger partial charge is 0.332 e. The van der Waals surface area contributed by atoms with Crippen LogP contribution in [-0.4, -0.2) is 46.6 Å². The van der Waals surface area contributed by atoms with E-state index in [1.807, 2.05) is 67.6 Å². The lowest BCUT2D eigenvalue weighted by atomic mass is 10.0. The van der Waals surface area contributed by atoms with Crippen LogP contribution in [0.4, 0.5) is 5.69 Å². The van der Waals surface area contributed by atoms with E-state index < -0.39 is 0 Å². The molecule has 1 aliphatic rings. The summed E-state index contributed by atoms with van der Waals surface area (Å²) in [6.07, 6.45) is 3.44. The van der Waals surface area contributed by atoms with Gasteiger partial charge in [0.2, 0.25) is 13.9 Å². The molecule has 2 heterocycles. The van der Waals surface area contributed by atoms with Gasteiger partial charge in [-0.15, -0.1) is 0 Å². The molecule has 6 nitrogen and oxygen atoms in total. The zero-order valence-electron chi connectivity index (χ0n) is 23.5. The van der Waals surface area contributed by atoms with Crippen molar-refractivity contribution >= 4 is 59.3 Å². The Labute approximate surface area is 240 Å². The lowest BCUT2D eigenvalue weighted by Crippen LogP contribution is -2.56. The lowest BCUT2D eigenvalue weighted by Gasteiger charge is -2.36.